The summed E-state index contributed by atoms with van der Waals surface area (Å²) in [5, 5.41) is 8.93. The van der Waals surface area contributed by atoms with Crippen LogP contribution in [0.1, 0.15) is 75.5 Å². The van der Waals surface area contributed by atoms with Crippen LogP contribution in [0.2, 0.25) is 0 Å². The molecule has 3 N–H and O–H groups in total. The molecule has 1 aliphatic rings. The molecule has 0 saturated carbocycles. The van der Waals surface area contributed by atoms with Crippen LogP contribution < -0.4 is 16.0 Å². The molecule has 4 rings (SSSR count). The van der Waals surface area contributed by atoms with Crippen LogP contribution in [-0.2, 0) is 26.3 Å². The third-order valence-electron chi connectivity index (χ3n) is 9.45. The van der Waals surface area contributed by atoms with Crippen molar-refractivity contribution in [3.63, 3.8) is 0 Å². The van der Waals surface area contributed by atoms with Crippen molar-refractivity contribution in [2.24, 2.45) is 0 Å². The summed E-state index contributed by atoms with van der Waals surface area (Å²) >= 11 is 0. The Morgan fingerprint density at radius 3 is 2.10 bits per heavy atom. The van der Waals surface area contributed by atoms with Gasteiger partial charge < -0.3 is 20.7 Å². The normalized spacial score (nSPS) is 14.3. The molecule has 7 nitrogen and oxygen atoms in total. The van der Waals surface area contributed by atoms with E-state index in [0.717, 1.165) is 59.8 Å². The minimum absolute atomic E-state index is 0.168. The lowest BCUT2D eigenvalue weighted by Crippen LogP contribution is -2.53. The number of nitrogens with one attached hydrogen (secondary N) is 3. The van der Waals surface area contributed by atoms with Gasteiger partial charge in [0.25, 0.3) is 6.43 Å². The average Bonchev–Trinajstić information content (AvgIpc) is 3.37. The Bertz CT molecular complexity index is 1420. The van der Waals surface area contributed by atoms with Crippen molar-refractivity contribution in [3.8, 4) is 11.1 Å². The topological polar surface area (TPSA) is 90.5 Å². The number of rotatable bonds is 21. The first-order chi connectivity index (χ1) is 23.3. The van der Waals surface area contributed by atoms with Gasteiger partial charge in [0, 0.05) is 31.5 Å². The second-order valence-corrected chi connectivity index (χ2v) is 12.6. The maximum absolute atomic E-state index is 13.4. The number of fused-ring (bicyclic) bond motifs is 3. The lowest BCUT2D eigenvalue weighted by atomic mass is 9.74. The molecule has 0 saturated heterocycles. The number of nitrogens with zero attached hydrogens (tertiary/aromatic N) is 1. The molecule has 3 aromatic carbocycles. The molecular formula is C39H50F2N4O3. The number of benzene rings is 3. The van der Waals surface area contributed by atoms with Crippen molar-refractivity contribution in [3.05, 3.63) is 95.6 Å². The van der Waals surface area contributed by atoms with E-state index in [9.17, 15) is 23.2 Å². The van der Waals surface area contributed by atoms with Gasteiger partial charge in [0.15, 0.2) is 0 Å². The SMILES string of the molecule is CCC(C(=O)NC(CCC=O)C(=O)NCCCCCC1(CNCC(F)F)c2ccccc2-c2ccccc21)N(CC)Cc1ccccc1. The summed E-state index contributed by atoms with van der Waals surface area (Å²) in [4.78, 5) is 40.0. The lowest BCUT2D eigenvalue weighted by Gasteiger charge is -2.33. The molecule has 0 fully saturated rings. The highest BCUT2D eigenvalue weighted by Gasteiger charge is 2.42. The van der Waals surface area contributed by atoms with E-state index >= 15 is 0 Å². The fourth-order valence-corrected chi connectivity index (χ4v) is 7.06. The first kappa shape index (κ1) is 36.9. The molecule has 0 aliphatic heterocycles. The molecular weight excluding hydrogens is 610 g/mol. The molecule has 258 valence electrons. The molecule has 9 heteroatoms. The van der Waals surface area contributed by atoms with Crippen LogP contribution in [0.3, 0.4) is 0 Å². The number of carbonyl (C=O) groups is 3. The Kier molecular flexibility index (Phi) is 14.3. The van der Waals surface area contributed by atoms with Gasteiger partial charge in [-0.05, 0) is 60.0 Å². The predicted octanol–water partition coefficient (Wildman–Crippen LogP) is 6.25. The molecule has 2 unspecified atom stereocenters. The van der Waals surface area contributed by atoms with Gasteiger partial charge in [0.05, 0.1) is 12.6 Å². The number of hydrogen-bond acceptors (Lipinski definition) is 5. The van der Waals surface area contributed by atoms with Crippen molar-refractivity contribution in [1.29, 1.82) is 0 Å². The van der Waals surface area contributed by atoms with E-state index in [-0.39, 0.29) is 31.2 Å². The Hall–Kier alpha value is -3.95. The summed E-state index contributed by atoms with van der Waals surface area (Å²) < 4.78 is 26.3. The summed E-state index contributed by atoms with van der Waals surface area (Å²) in [6, 6.07) is 25.2. The number of alkyl halides is 2. The first-order valence-electron chi connectivity index (χ1n) is 17.3. The second kappa shape index (κ2) is 18.6. The largest absolute Gasteiger partial charge is 0.354 e. The number of aldehydes is 1. The number of halogens is 2. The van der Waals surface area contributed by atoms with Crippen LogP contribution >= 0.6 is 0 Å². The van der Waals surface area contributed by atoms with E-state index in [1.165, 1.54) is 0 Å². The fourth-order valence-electron chi connectivity index (χ4n) is 7.06. The van der Waals surface area contributed by atoms with Crippen molar-refractivity contribution < 1.29 is 23.2 Å². The summed E-state index contributed by atoms with van der Waals surface area (Å²) in [5.74, 6) is -0.512. The monoisotopic (exact) mass is 660 g/mol. The second-order valence-electron chi connectivity index (χ2n) is 12.6. The maximum atomic E-state index is 13.4. The quantitative estimate of drug-likeness (QED) is 0.0929. The third kappa shape index (κ3) is 9.35. The zero-order valence-corrected chi connectivity index (χ0v) is 28.2. The van der Waals surface area contributed by atoms with Crippen molar-refractivity contribution >= 4 is 18.1 Å². The molecule has 3 aromatic rings. The fraction of sp³-hybridized carbons (Fsp3) is 0.462. The molecule has 0 spiro atoms. The Balaban J connectivity index is 1.33. The zero-order chi connectivity index (χ0) is 34.4. The molecule has 1 aliphatic carbocycles. The van der Waals surface area contributed by atoms with Crippen LogP contribution in [0.15, 0.2) is 78.9 Å². The van der Waals surface area contributed by atoms with Gasteiger partial charge in [-0.25, -0.2) is 8.78 Å². The third-order valence-corrected chi connectivity index (χ3v) is 9.45. The smallest absolute Gasteiger partial charge is 0.250 e. The molecule has 48 heavy (non-hydrogen) atoms. The number of unbranched alkanes of at least 4 members (excludes halogenated alkanes) is 2. The Morgan fingerprint density at radius 1 is 0.854 bits per heavy atom. The molecule has 0 aromatic heterocycles. The summed E-state index contributed by atoms with van der Waals surface area (Å²) in [6.45, 7) is 5.76. The Labute approximate surface area is 283 Å². The average molecular weight is 661 g/mol. The van der Waals surface area contributed by atoms with Crippen LogP contribution in [0.5, 0.6) is 0 Å². The highest BCUT2D eigenvalue weighted by atomic mass is 19.3. The van der Waals surface area contributed by atoms with E-state index in [1.807, 2.05) is 68.4 Å². The van der Waals surface area contributed by atoms with Gasteiger partial charge in [0.1, 0.15) is 12.3 Å². The van der Waals surface area contributed by atoms with Crippen molar-refractivity contribution in [2.75, 3.05) is 26.2 Å². The van der Waals surface area contributed by atoms with Crippen LogP contribution in [0.25, 0.3) is 11.1 Å². The zero-order valence-electron chi connectivity index (χ0n) is 28.2. The van der Waals surface area contributed by atoms with Gasteiger partial charge in [0.2, 0.25) is 11.8 Å². The standard InChI is InChI=1S/C39H50F2N4O3/c1-3-35(45(4-2)27-29-16-7-5-8-17-29)38(48)44-34(22-15-25-46)37(47)43-24-14-6-13-23-39(28-42-26-36(40)41)32-20-11-9-18-30(32)31-19-10-12-21-33(31)39/h5,7-12,16-21,25,34-36,42H,3-4,6,13-15,22-24,26-28H2,1-2H3,(H,43,47)(H,44,48). The number of hydrogen-bond donors (Lipinski definition) is 3. The molecule has 2 atom stereocenters. The minimum atomic E-state index is -2.43. The maximum Gasteiger partial charge on any atom is 0.250 e. The van der Waals surface area contributed by atoms with Gasteiger partial charge in [-0.15, -0.1) is 0 Å². The predicted molar refractivity (Wildman–Crippen MR) is 187 cm³/mol. The molecule has 2 amide bonds. The van der Waals surface area contributed by atoms with E-state index < -0.39 is 23.9 Å². The highest BCUT2D eigenvalue weighted by Crippen LogP contribution is 2.51. The molecule has 0 heterocycles. The summed E-state index contributed by atoms with van der Waals surface area (Å²) in [6.07, 6.45) is 2.50. The van der Waals surface area contributed by atoms with Gasteiger partial charge >= 0.3 is 0 Å². The van der Waals surface area contributed by atoms with Gasteiger partial charge in [-0.1, -0.05) is 106 Å². The van der Waals surface area contributed by atoms with Crippen LogP contribution in [-0.4, -0.2) is 67.7 Å². The Morgan fingerprint density at radius 2 is 1.50 bits per heavy atom. The van der Waals surface area contributed by atoms with E-state index in [0.29, 0.717) is 32.6 Å². The molecule has 0 radical (unpaired) electrons. The van der Waals surface area contributed by atoms with Crippen molar-refractivity contribution in [1.82, 2.24) is 20.9 Å². The number of likely N-dealkylation sites (N-methyl/N-ethyl adjacent to an activating group) is 1. The van der Waals surface area contributed by atoms with E-state index in [4.69, 9.17) is 0 Å². The highest BCUT2D eigenvalue weighted by molar-refractivity contribution is 5.90. The first-order valence-corrected chi connectivity index (χ1v) is 17.3. The number of amides is 2. The van der Waals surface area contributed by atoms with E-state index in [1.54, 1.807) is 0 Å². The van der Waals surface area contributed by atoms with Gasteiger partial charge in [-0.3, -0.25) is 14.5 Å². The summed E-state index contributed by atoms with van der Waals surface area (Å²) in [5.41, 5.74) is 5.30. The lowest BCUT2D eigenvalue weighted by molar-refractivity contribution is -0.132. The van der Waals surface area contributed by atoms with Crippen LogP contribution in [0.4, 0.5) is 8.78 Å². The minimum Gasteiger partial charge on any atom is -0.354 e. The molecule has 0 bridgehead atoms. The van der Waals surface area contributed by atoms with E-state index in [2.05, 4.69) is 45.1 Å². The summed E-state index contributed by atoms with van der Waals surface area (Å²) in [7, 11) is 0. The van der Waals surface area contributed by atoms with Gasteiger partial charge in [-0.2, -0.15) is 0 Å². The van der Waals surface area contributed by atoms with Crippen molar-refractivity contribution in [2.45, 2.75) is 89.3 Å². The number of carbonyl (C=O) groups excluding carboxylic acids is 3. The van der Waals surface area contributed by atoms with Crippen LogP contribution in [0, 0.1) is 0 Å².